The van der Waals surface area contributed by atoms with Crippen molar-refractivity contribution >= 4 is 29.1 Å². The molecule has 2 aromatic carbocycles. The van der Waals surface area contributed by atoms with E-state index in [1.165, 1.54) is 7.05 Å². The van der Waals surface area contributed by atoms with Gasteiger partial charge in [0.15, 0.2) is 6.61 Å². The van der Waals surface area contributed by atoms with Gasteiger partial charge >= 0.3 is 0 Å². The topological polar surface area (TPSA) is 76.4 Å². The van der Waals surface area contributed by atoms with Crippen LogP contribution in [0.3, 0.4) is 0 Å². The summed E-state index contributed by atoms with van der Waals surface area (Å²) < 4.78 is 7.11. The Hall–Kier alpha value is -2.70. The highest BCUT2D eigenvalue weighted by Gasteiger charge is 2.13. The molecular weight excluding hydrogens is 389 g/mol. The summed E-state index contributed by atoms with van der Waals surface area (Å²) in [5.74, 6) is 0.316. The van der Waals surface area contributed by atoms with E-state index >= 15 is 0 Å². The van der Waals surface area contributed by atoms with Crippen molar-refractivity contribution in [3.63, 3.8) is 0 Å². The lowest BCUT2D eigenvalue weighted by molar-refractivity contribution is -0.122. The first-order valence-corrected chi connectivity index (χ1v) is 8.85. The van der Waals surface area contributed by atoms with Gasteiger partial charge in [-0.05, 0) is 35.4 Å². The molecule has 0 aliphatic carbocycles. The number of nitrogens with zero attached hydrogens (tertiary/aromatic N) is 2. The first-order chi connectivity index (χ1) is 13.0. The number of phenolic OH excluding ortho intramolecular Hbond substituents is 1. The zero-order valence-electron chi connectivity index (χ0n) is 14.4. The molecule has 0 saturated heterocycles. The quantitative estimate of drug-likeness (QED) is 0.656. The highest BCUT2D eigenvalue weighted by molar-refractivity contribution is 6.36. The summed E-state index contributed by atoms with van der Waals surface area (Å²) in [6.07, 6.45) is 5.46. The second-order valence-corrected chi connectivity index (χ2v) is 6.61. The molecule has 3 aromatic rings. The third-order valence-electron chi connectivity index (χ3n) is 3.97. The lowest BCUT2D eigenvalue weighted by Crippen LogP contribution is -2.24. The fourth-order valence-corrected chi connectivity index (χ4v) is 3.15. The van der Waals surface area contributed by atoms with Crippen LogP contribution in [0.5, 0.6) is 11.5 Å². The number of aromatic hydroxyl groups is 1. The van der Waals surface area contributed by atoms with E-state index in [4.69, 9.17) is 27.9 Å². The molecular formula is C19H17Cl2N3O3. The number of rotatable bonds is 6. The SMILES string of the molecule is CNC(=O)COc1cc(Cl)c(Cc2ccc(O)c(-n3ccnc3)c2)c(Cl)c1. The number of carbonyl (C=O) groups is 1. The van der Waals surface area contributed by atoms with Crippen LogP contribution in [-0.2, 0) is 11.2 Å². The maximum Gasteiger partial charge on any atom is 0.257 e. The second kappa shape index (κ2) is 8.33. The Bertz CT molecular complexity index is 936. The first kappa shape index (κ1) is 19.1. The lowest BCUT2D eigenvalue weighted by atomic mass is 10.0. The van der Waals surface area contributed by atoms with E-state index in [0.717, 1.165) is 11.1 Å². The molecule has 0 atom stereocenters. The van der Waals surface area contributed by atoms with Gasteiger partial charge in [-0.15, -0.1) is 0 Å². The standard InChI is InChI=1S/C19H17Cl2N3O3/c1-22-19(26)10-27-13-8-15(20)14(16(21)9-13)6-12-2-3-18(25)17(7-12)24-5-4-23-11-24/h2-5,7-9,11,25H,6,10H2,1H3,(H,22,26). The molecule has 0 bridgehead atoms. The average molecular weight is 406 g/mol. The van der Waals surface area contributed by atoms with E-state index in [1.807, 2.05) is 6.07 Å². The van der Waals surface area contributed by atoms with Crippen molar-refractivity contribution in [3.8, 4) is 17.2 Å². The molecule has 0 unspecified atom stereocenters. The van der Waals surface area contributed by atoms with E-state index in [9.17, 15) is 9.90 Å². The molecule has 0 radical (unpaired) electrons. The van der Waals surface area contributed by atoms with Gasteiger partial charge in [0.2, 0.25) is 0 Å². The van der Waals surface area contributed by atoms with Gasteiger partial charge in [0.1, 0.15) is 11.5 Å². The summed E-state index contributed by atoms with van der Waals surface area (Å²) in [6, 6.07) is 8.52. The Morgan fingerprint density at radius 1 is 1.26 bits per heavy atom. The molecule has 1 heterocycles. The molecule has 1 amide bonds. The maximum atomic E-state index is 11.3. The van der Waals surface area contributed by atoms with Gasteiger partial charge in [-0.3, -0.25) is 4.79 Å². The van der Waals surface area contributed by atoms with Crippen LogP contribution in [0.2, 0.25) is 10.0 Å². The van der Waals surface area contributed by atoms with Gasteiger partial charge in [-0.25, -0.2) is 4.98 Å². The molecule has 2 N–H and O–H groups in total. The van der Waals surface area contributed by atoms with Crippen LogP contribution in [-0.4, -0.2) is 34.2 Å². The zero-order chi connectivity index (χ0) is 19.4. The Kier molecular flexibility index (Phi) is 5.88. The van der Waals surface area contributed by atoms with Crippen LogP contribution in [0.1, 0.15) is 11.1 Å². The molecule has 3 rings (SSSR count). The Labute approximate surface area is 166 Å². The zero-order valence-corrected chi connectivity index (χ0v) is 16.0. The fraction of sp³-hybridized carbons (Fsp3) is 0.158. The molecule has 27 heavy (non-hydrogen) atoms. The van der Waals surface area contributed by atoms with Gasteiger partial charge in [0.05, 0.1) is 12.0 Å². The van der Waals surface area contributed by atoms with Crippen molar-refractivity contribution in [3.05, 3.63) is 70.2 Å². The van der Waals surface area contributed by atoms with Gasteiger partial charge in [-0.1, -0.05) is 29.3 Å². The number of hydrogen-bond donors (Lipinski definition) is 2. The van der Waals surface area contributed by atoms with E-state index in [1.54, 1.807) is 47.6 Å². The van der Waals surface area contributed by atoms with E-state index in [0.29, 0.717) is 27.9 Å². The van der Waals surface area contributed by atoms with Crippen molar-refractivity contribution in [1.29, 1.82) is 0 Å². The number of ether oxygens (including phenoxy) is 1. The predicted octanol–water partition coefficient (Wildman–Crippen LogP) is 3.60. The fourth-order valence-electron chi connectivity index (χ4n) is 2.54. The van der Waals surface area contributed by atoms with Crippen LogP contribution < -0.4 is 10.1 Å². The van der Waals surface area contributed by atoms with Crippen LogP contribution in [0, 0.1) is 0 Å². The number of benzene rings is 2. The average Bonchev–Trinajstić information content (AvgIpc) is 3.18. The summed E-state index contributed by atoms with van der Waals surface area (Å²) >= 11 is 12.7. The number of carbonyl (C=O) groups excluding carboxylic acids is 1. The van der Waals surface area contributed by atoms with Gasteiger partial charge in [-0.2, -0.15) is 0 Å². The molecule has 8 heteroatoms. The number of likely N-dealkylation sites (N-methyl/N-ethyl adjacent to an activating group) is 1. The number of hydrogen-bond acceptors (Lipinski definition) is 4. The summed E-state index contributed by atoms with van der Waals surface area (Å²) in [7, 11) is 1.53. The monoisotopic (exact) mass is 405 g/mol. The number of imidazole rings is 1. The Morgan fingerprint density at radius 3 is 2.63 bits per heavy atom. The molecule has 6 nitrogen and oxygen atoms in total. The number of nitrogens with one attached hydrogen (secondary N) is 1. The number of amides is 1. The molecule has 1 aromatic heterocycles. The van der Waals surface area contributed by atoms with Gasteiger partial charge in [0.25, 0.3) is 5.91 Å². The van der Waals surface area contributed by atoms with E-state index < -0.39 is 0 Å². The van der Waals surface area contributed by atoms with E-state index in [-0.39, 0.29) is 18.3 Å². The largest absolute Gasteiger partial charge is 0.506 e. The summed E-state index contributed by atoms with van der Waals surface area (Å²) in [4.78, 5) is 15.3. The van der Waals surface area contributed by atoms with Crippen molar-refractivity contribution in [2.24, 2.45) is 0 Å². The minimum Gasteiger partial charge on any atom is -0.506 e. The highest BCUT2D eigenvalue weighted by Crippen LogP contribution is 2.33. The van der Waals surface area contributed by atoms with Crippen LogP contribution in [0.4, 0.5) is 0 Å². The van der Waals surface area contributed by atoms with Crippen LogP contribution in [0.25, 0.3) is 5.69 Å². The van der Waals surface area contributed by atoms with Crippen molar-refractivity contribution in [1.82, 2.24) is 14.9 Å². The first-order valence-electron chi connectivity index (χ1n) is 8.09. The predicted molar refractivity (Wildman–Crippen MR) is 104 cm³/mol. The van der Waals surface area contributed by atoms with Gasteiger partial charge < -0.3 is 19.7 Å². The molecule has 0 fully saturated rings. The molecule has 0 saturated carbocycles. The van der Waals surface area contributed by atoms with E-state index in [2.05, 4.69) is 10.3 Å². The van der Waals surface area contributed by atoms with Crippen molar-refractivity contribution in [2.45, 2.75) is 6.42 Å². The Balaban J connectivity index is 1.83. The van der Waals surface area contributed by atoms with Crippen molar-refractivity contribution < 1.29 is 14.6 Å². The maximum absolute atomic E-state index is 11.3. The van der Waals surface area contributed by atoms with Crippen LogP contribution in [0.15, 0.2) is 49.1 Å². The summed E-state index contributed by atoms with van der Waals surface area (Å²) in [5.41, 5.74) is 2.26. The highest BCUT2D eigenvalue weighted by atomic mass is 35.5. The van der Waals surface area contributed by atoms with Gasteiger partial charge in [0, 0.05) is 35.9 Å². The Morgan fingerprint density at radius 2 is 2.00 bits per heavy atom. The molecule has 140 valence electrons. The number of aromatic nitrogens is 2. The molecule has 0 aliphatic heterocycles. The minimum atomic E-state index is -0.248. The van der Waals surface area contributed by atoms with Crippen molar-refractivity contribution in [2.75, 3.05) is 13.7 Å². The van der Waals surface area contributed by atoms with Crippen LogP contribution >= 0.6 is 23.2 Å². The number of phenols is 1. The normalized spacial score (nSPS) is 10.6. The molecule has 0 spiro atoms. The molecule has 0 aliphatic rings. The minimum absolute atomic E-state index is 0.116. The summed E-state index contributed by atoms with van der Waals surface area (Å²) in [5, 5.41) is 13.4. The second-order valence-electron chi connectivity index (χ2n) is 5.80. The third kappa shape index (κ3) is 4.53. The smallest absolute Gasteiger partial charge is 0.257 e. The third-order valence-corrected chi connectivity index (χ3v) is 4.64. The number of halogens is 2. The lowest BCUT2D eigenvalue weighted by Gasteiger charge is -2.13. The summed E-state index contributed by atoms with van der Waals surface area (Å²) in [6.45, 7) is -0.116.